The summed E-state index contributed by atoms with van der Waals surface area (Å²) >= 11 is 0. The molecule has 0 atom stereocenters. The number of carbonyl (C=O) groups is 1. The molecule has 0 aliphatic carbocycles. The zero-order valence-electron chi connectivity index (χ0n) is 15.6. The first-order valence-electron chi connectivity index (χ1n) is 8.02. The molecule has 0 aromatic heterocycles. The van der Waals surface area contributed by atoms with Gasteiger partial charge in [-0.05, 0) is 30.3 Å². The van der Waals surface area contributed by atoms with E-state index in [0.717, 1.165) is 9.87 Å². The number of nitrogens with one attached hydrogen (secondary N) is 1. The van der Waals surface area contributed by atoms with Crippen LogP contribution in [0.4, 0.5) is 5.69 Å². The number of rotatable bonds is 7. The molecule has 0 heterocycles. The minimum Gasteiger partial charge on any atom is -0.496 e. The molecule has 0 unspecified atom stereocenters. The van der Waals surface area contributed by atoms with E-state index in [-0.39, 0.29) is 10.6 Å². The number of ether oxygens (including phenoxy) is 2. The molecule has 1 amide bonds. The van der Waals surface area contributed by atoms with Crippen LogP contribution in [-0.2, 0) is 14.8 Å². The second kappa shape index (κ2) is 8.70. The maximum atomic E-state index is 12.4. The molecule has 0 saturated heterocycles. The van der Waals surface area contributed by atoms with Crippen molar-refractivity contribution in [2.45, 2.75) is 4.90 Å². The molecule has 1 N–H and O–H groups in total. The van der Waals surface area contributed by atoms with Gasteiger partial charge in [0.15, 0.2) is 0 Å². The van der Waals surface area contributed by atoms with Crippen molar-refractivity contribution in [3.63, 3.8) is 0 Å². The first-order valence-corrected chi connectivity index (χ1v) is 9.46. The molecule has 0 radical (unpaired) electrons. The van der Waals surface area contributed by atoms with Crippen LogP contribution >= 0.6 is 0 Å². The minimum absolute atomic E-state index is 0.0264. The summed E-state index contributed by atoms with van der Waals surface area (Å²) in [6.45, 7) is 0. The number of sulfonamides is 1. The van der Waals surface area contributed by atoms with E-state index in [4.69, 9.17) is 9.47 Å². The van der Waals surface area contributed by atoms with E-state index >= 15 is 0 Å². The molecule has 0 saturated carbocycles. The van der Waals surface area contributed by atoms with Crippen molar-refractivity contribution in [1.29, 1.82) is 0 Å². The van der Waals surface area contributed by atoms with Gasteiger partial charge >= 0.3 is 0 Å². The summed E-state index contributed by atoms with van der Waals surface area (Å²) in [5.41, 5.74) is 1.09. The third-order valence-electron chi connectivity index (χ3n) is 3.74. The number of amides is 1. The highest BCUT2D eigenvalue weighted by Crippen LogP contribution is 2.29. The molecule has 7 nitrogen and oxygen atoms in total. The Bertz CT molecular complexity index is 952. The average molecular weight is 390 g/mol. The third kappa shape index (κ3) is 4.87. The van der Waals surface area contributed by atoms with Crippen molar-refractivity contribution in [1.82, 2.24) is 4.31 Å². The van der Waals surface area contributed by atoms with Gasteiger partial charge in [-0.2, -0.15) is 0 Å². The van der Waals surface area contributed by atoms with E-state index in [2.05, 4.69) is 5.32 Å². The van der Waals surface area contributed by atoms with Crippen LogP contribution in [0.2, 0.25) is 0 Å². The molecule has 8 heteroatoms. The SMILES string of the molecule is COc1ccccc1/C=C/C(=O)Nc1ccc(OC)c(S(=O)(=O)N(C)C)c1. The lowest BCUT2D eigenvalue weighted by Gasteiger charge is -2.15. The van der Waals surface area contributed by atoms with Gasteiger partial charge in [0.25, 0.3) is 0 Å². The van der Waals surface area contributed by atoms with E-state index in [9.17, 15) is 13.2 Å². The average Bonchev–Trinajstić information content (AvgIpc) is 2.66. The van der Waals surface area contributed by atoms with Crippen molar-refractivity contribution >= 4 is 27.7 Å². The smallest absolute Gasteiger partial charge is 0.248 e. The largest absolute Gasteiger partial charge is 0.496 e. The third-order valence-corrected chi connectivity index (χ3v) is 5.58. The molecule has 2 rings (SSSR count). The van der Waals surface area contributed by atoms with Crippen LogP contribution in [0.25, 0.3) is 6.08 Å². The van der Waals surface area contributed by atoms with Crippen LogP contribution in [0.15, 0.2) is 53.4 Å². The molecule has 0 aliphatic heterocycles. The van der Waals surface area contributed by atoms with Crippen LogP contribution in [0, 0.1) is 0 Å². The summed E-state index contributed by atoms with van der Waals surface area (Å²) in [4.78, 5) is 12.2. The number of methoxy groups -OCH3 is 2. The van der Waals surface area contributed by atoms with Crippen LogP contribution in [0.3, 0.4) is 0 Å². The van der Waals surface area contributed by atoms with E-state index in [1.165, 1.54) is 39.4 Å². The quantitative estimate of drug-likeness (QED) is 0.735. The fourth-order valence-electron chi connectivity index (χ4n) is 2.31. The Morgan fingerprint density at radius 3 is 2.33 bits per heavy atom. The lowest BCUT2D eigenvalue weighted by molar-refractivity contribution is -0.111. The van der Waals surface area contributed by atoms with E-state index in [0.29, 0.717) is 11.4 Å². The number of anilines is 1. The maximum Gasteiger partial charge on any atom is 0.248 e. The fourth-order valence-corrected chi connectivity index (χ4v) is 3.38. The summed E-state index contributed by atoms with van der Waals surface area (Å²) in [6.07, 6.45) is 2.97. The Kier molecular flexibility index (Phi) is 6.59. The van der Waals surface area contributed by atoms with Gasteiger partial charge in [0.1, 0.15) is 16.4 Å². The topological polar surface area (TPSA) is 84.9 Å². The van der Waals surface area contributed by atoms with Crippen molar-refractivity contribution in [2.24, 2.45) is 0 Å². The maximum absolute atomic E-state index is 12.4. The van der Waals surface area contributed by atoms with Crippen molar-refractivity contribution in [2.75, 3.05) is 33.6 Å². The van der Waals surface area contributed by atoms with E-state index in [1.54, 1.807) is 25.3 Å². The predicted molar refractivity (Wildman–Crippen MR) is 105 cm³/mol. The van der Waals surface area contributed by atoms with Crippen LogP contribution < -0.4 is 14.8 Å². The number of carbonyl (C=O) groups excluding carboxylic acids is 1. The number of hydrogen-bond donors (Lipinski definition) is 1. The molecule has 144 valence electrons. The predicted octanol–water partition coefficient (Wildman–Crippen LogP) is 2.61. The summed E-state index contributed by atoms with van der Waals surface area (Å²) < 4.78 is 36.3. The number of benzene rings is 2. The highest BCUT2D eigenvalue weighted by molar-refractivity contribution is 7.89. The lowest BCUT2D eigenvalue weighted by Crippen LogP contribution is -2.23. The molecule has 2 aromatic rings. The van der Waals surface area contributed by atoms with Crippen molar-refractivity contribution in [3.8, 4) is 11.5 Å². The number of para-hydroxylation sites is 1. The summed E-state index contributed by atoms with van der Waals surface area (Å²) in [5, 5.41) is 2.65. The van der Waals surface area contributed by atoms with Gasteiger partial charge in [0.2, 0.25) is 15.9 Å². The highest BCUT2D eigenvalue weighted by atomic mass is 32.2. The Labute approximate surface area is 159 Å². The second-order valence-electron chi connectivity index (χ2n) is 5.72. The number of hydrogen-bond acceptors (Lipinski definition) is 5. The highest BCUT2D eigenvalue weighted by Gasteiger charge is 2.22. The van der Waals surface area contributed by atoms with Gasteiger partial charge in [-0.15, -0.1) is 0 Å². The van der Waals surface area contributed by atoms with E-state index < -0.39 is 15.9 Å². The summed E-state index contributed by atoms with van der Waals surface area (Å²) in [6, 6.07) is 11.7. The van der Waals surface area contributed by atoms with Crippen LogP contribution in [-0.4, -0.2) is 46.9 Å². The summed E-state index contributed by atoms with van der Waals surface area (Å²) in [5.74, 6) is 0.441. The molecule has 0 fully saturated rings. The zero-order valence-corrected chi connectivity index (χ0v) is 16.4. The molecule has 0 aliphatic rings. The lowest BCUT2D eigenvalue weighted by atomic mass is 10.2. The van der Waals surface area contributed by atoms with Gasteiger partial charge in [0, 0.05) is 31.4 Å². The molecular formula is C19H22N2O5S. The normalized spacial score (nSPS) is 11.6. The van der Waals surface area contributed by atoms with Gasteiger partial charge in [-0.25, -0.2) is 12.7 Å². The van der Waals surface area contributed by atoms with Gasteiger partial charge < -0.3 is 14.8 Å². The van der Waals surface area contributed by atoms with Crippen molar-refractivity contribution < 1.29 is 22.7 Å². The minimum atomic E-state index is -3.72. The molecule has 0 bridgehead atoms. The Morgan fingerprint density at radius 1 is 1.04 bits per heavy atom. The summed E-state index contributed by atoms with van der Waals surface area (Å²) in [7, 11) is 2.07. The zero-order chi connectivity index (χ0) is 20.0. The second-order valence-corrected chi connectivity index (χ2v) is 7.84. The molecule has 2 aromatic carbocycles. The van der Waals surface area contributed by atoms with Crippen LogP contribution in [0.5, 0.6) is 11.5 Å². The first kappa shape index (κ1) is 20.5. The fraction of sp³-hybridized carbons (Fsp3) is 0.211. The van der Waals surface area contributed by atoms with Crippen molar-refractivity contribution in [3.05, 3.63) is 54.1 Å². The van der Waals surface area contributed by atoms with Gasteiger partial charge in [0.05, 0.1) is 14.2 Å². The first-order chi connectivity index (χ1) is 12.8. The van der Waals surface area contributed by atoms with Crippen LogP contribution in [0.1, 0.15) is 5.56 Å². The van der Waals surface area contributed by atoms with Gasteiger partial charge in [-0.3, -0.25) is 4.79 Å². The monoisotopic (exact) mass is 390 g/mol. The molecular weight excluding hydrogens is 368 g/mol. The standard InChI is InChI=1S/C19H22N2O5S/c1-21(2)27(23,24)18-13-15(10-11-17(18)26-4)20-19(22)12-9-14-7-5-6-8-16(14)25-3/h5-13H,1-4H3,(H,20,22)/b12-9+. The number of nitrogens with zero attached hydrogens (tertiary/aromatic N) is 1. The Hall–Kier alpha value is -2.84. The van der Waals surface area contributed by atoms with Gasteiger partial charge in [-0.1, -0.05) is 18.2 Å². The molecule has 0 spiro atoms. The Balaban J connectivity index is 2.25. The van der Waals surface area contributed by atoms with E-state index in [1.807, 2.05) is 18.2 Å². The Morgan fingerprint density at radius 2 is 1.70 bits per heavy atom. The molecule has 27 heavy (non-hydrogen) atoms.